The molecular formula is C6H8Br5. The van der Waals surface area contributed by atoms with Gasteiger partial charge in [-0.25, -0.2) is 0 Å². The molecule has 0 aliphatic rings. The molecule has 0 N–H and O–H groups in total. The van der Waals surface area contributed by atoms with E-state index in [1.165, 1.54) is 0 Å². The van der Waals surface area contributed by atoms with Gasteiger partial charge in [-0.05, 0) is 13.3 Å². The lowest BCUT2D eigenvalue weighted by atomic mass is 10.2. The van der Waals surface area contributed by atoms with E-state index in [1.54, 1.807) is 0 Å². The number of alkyl halides is 5. The van der Waals surface area contributed by atoms with Gasteiger partial charge >= 0.3 is 0 Å². The predicted octanol–water partition coefficient (Wildman–Crippen LogP) is 4.62. The zero-order chi connectivity index (χ0) is 9.07. The van der Waals surface area contributed by atoms with Crippen LogP contribution in [0.2, 0.25) is 0 Å². The molecule has 2 atom stereocenters. The van der Waals surface area contributed by atoms with E-state index in [1.807, 2.05) is 0 Å². The van der Waals surface area contributed by atoms with Gasteiger partial charge in [0.15, 0.2) is 0 Å². The molecule has 0 fully saturated rings. The molecule has 0 spiro atoms. The summed E-state index contributed by atoms with van der Waals surface area (Å²) < 4.78 is -0.270. The molecule has 0 aliphatic heterocycles. The Labute approximate surface area is 110 Å². The molecule has 0 aromatic heterocycles. The second-order valence-corrected chi connectivity index (χ2v) is 9.16. The van der Waals surface area contributed by atoms with Crippen LogP contribution >= 0.6 is 79.6 Å². The van der Waals surface area contributed by atoms with E-state index in [2.05, 4.69) is 86.6 Å². The molecular weight excluding hydrogens is 472 g/mol. The van der Waals surface area contributed by atoms with Gasteiger partial charge in [0.1, 0.15) is 0 Å². The van der Waals surface area contributed by atoms with Gasteiger partial charge in [0, 0.05) is 15.0 Å². The first kappa shape index (κ1) is 13.4. The molecule has 0 nitrogen and oxygen atoms in total. The molecule has 0 aliphatic carbocycles. The molecule has 0 aromatic carbocycles. The third-order valence-electron chi connectivity index (χ3n) is 1.09. The highest BCUT2D eigenvalue weighted by atomic mass is 79.9. The number of halogens is 5. The summed E-state index contributed by atoms with van der Waals surface area (Å²) in [6.45, 7) is 3.91. The summed E-state index contributed by atoms with van der Waals surface area (Å²) in [5.41, 5.74) is 0. The monoisotopic (exact) mass is 475 g/mol. The second-order valence-electron chi connectivity index (χ2n) is 2.22. The van der Waals surface area contributed by atoms with Crippen molar-refractivity contribution in [1.29, 1.82) is 0 Å². The fourth-order valence-corrected chi connectivity index (χ4v) is 2.42. The highest BCUT2D eigenvalue weighted by Crippen LogP contribution is 2.37. The topological polar surface area (TPSA) is 0 Å². The molecule has 11 heavy (non-hydrogen) atoms. The Morgan fingerprint density at radius 2 is 1.73 bits per heavy atom. The lowest BCUT2D eigenvalue weighted by Gasteiger charge is -2.22. The zero-order valence-corrected chi connectivity index (χ0v) is 13.6. The summed E-state index contributed by atoms with van der Waals surface area (Å²) in [4.78, 5) is 0.778. The van der Waals surface area contributed by atoms with Crippen molar-refractivity contribution < 1.29 is 0 Å². The van der Waals surface area contributed by atoms with Crippen LogP contribution in [-0.4, -0.2) is 18.2 Å². The first-order chi connectivity index (χ1) is 4.88. The maximum absolute atomic E-state index is 3.91. The Hall–Kier alpha value is 2.40. The Morgan fingerprint density at radius 3 is 2.00 bits per heavy atom. The molecule has 0 heterocycles. The van der Waals surface area contributed by atoms with Gasteiger partial charge in [-0.3, -0.25) is 0 Å². The Balaban J connectivity index is 3.77. The molecule has 2 unspecified atom stereocenters. The first-order valence-electron chi connectivity index (χ1n) is 2.95. The van der Waals surface area contributed by atoms with Gasteiger partial charge in [-0.15, -0.1) is 0 Å². The van der Waals surface area contributed by atoms with Crippen LogP contribution in [0.15, 0.2) is 0 Å². The van der Waals surface area contributed by atoms with Crippen molar-refractivity contribution in [3.8, 4) is 0 Å². The van der Waals surface area contributed by atoms with Crippen LogP contribution in [-0.2, 0) is 0 Å². The molecule has 0 aromatic rings. The van der Waals surface area contributed by atoms with Gasteiger partial charge in [0.2, 0.25) is 0 Å². The first-order valence-corrected chi connectivity index (χ1v) is 7.49. The normalized spacial score (nSPS) is 18.0. The standard InChI is InChI=1S/C6H8Br5/c1-6(10,11)5(9)2-4(8)3-7/h4-5H,1-3H2. The molecule has 0 bridgehead atoms. The fraction of sp³-hybridized carbons (Fsp3) is 0.833. The molecule has 1 radical (unpaired) electrons. The van der Waals surface area contributed by atoms with E-state index in [-0.39, 0.29) is 3.23 Å². The second kappa shape index (κ2) is 5.99. The molecule has 0 amide bonds. The van der Waals surface area contributed by atoms with E-state index in [9.17, 15) is 0 Å². The Kier molecular flexibility index (Phi) is 7.30. The summed E-state index contributed by atoms with van der Waals surface area (Å²) >= 11 is 17.3. The Bertz CT molecular complexity index is 108. The summed E-state index contributed by atoms with van der Waals surface area (Å²) in [7, 11) is 0. The third kappa shape index (κ3) is 6.47. The lowest BCUT2D eigenvalue weighted by Crippen LogP contribution is -2.24. The van der Waals surface area contributed by atoms with Crippen LogP contribution < -0.4 is 0 Å². The van der Waals surface area contributed by atoms with Gasteiger partial charge in [0.05, 0.1) is 3.23 Å². The molecule has 5 heteroatoms. The predicted molar refractivity (Wildman–Crippen MR) is 69.8 cm³/mol. The summed E-state index contributed by atoms with van der Waals surface area (Å²) in [6, 6.07) is 0. The average molecular weight is 480 g/mol. The number of rotatable bonds is 4. The van der Waals surface area contributed by atoms with Crippen molar-refractivity contribution in [2.75, 3.05) is 5.33 Å². The molecule has 0 saturated carbocycles. The quantitative estimate of drug-likeness (QED) is 0.517. The highest BCUT2D eigenvalue weighted by molar-refractivity contribution is 9.26. The van der Waals surface area contributed by atoms with E-state index in [4.69, 9.17) is 0 Å². The van der Waals surface area contributed by atoms with E-state index in [0.717, 1.165) is 11.8 Å². The maximum atomic E-state index is 3.91. The van der Waals surface area contributed by atoms with Crippen LogP contribution in [0.3, 0.4) is 0 Å². The van der Waals surface area contributed by atoms with Crippen LogP contribution in [0.4, 0.5) is 0 Å². The van der Waals surface area contributed by atoms with Crippen molar-refractivity contribution in [3.63, 3.8) is 0 Å². The van der Waals surface area contributed by atoms with Gasteiger partial charge < -0.3 is 0 Å². The SMILES string of the molecule is [CH2]C(Br)(Br)C(Br)CC(Br)CBr. The van der Waals surface area contributed by atoms with Gasteiger partial charge in [0.25, 0.3) is 0 Å². The van der Waals surface area contributed by atoms with Crippen LogP contribution in [0.25, 0.3) is 0 Å². The van der Waals surface area contributed by atoms with Crippen LogP contribution in [0, 0.1) is 6.92 Å². The van der Waals surface area contributed by atoms with Crippen LogP contribution in [0.1, 0.15) is 6.42 Å². The summed E-state index contributed by atoms with van der Waals surface area (Å²) in [5.74, 6) is 0. The Morgan fingerprint density at radius 1 is 1.27 bits per heavy atom. The molecule has 0 saturated heterocycles. The molecule has 0 rings (SSSR count). The third-order valence-corrected chi connectivity index (χ3v) is 6.93. The fourth-order valence-electron chi connectivity index (χ4n) is 0.460. The van der Waals surface area contributed by atoms with E-state index < -0.39 is 0 Å². The maximum Gasteiger partial charge on any atom is 0.0930 e. The minimum absolute atomic E-state index is 0.270. The number of hydrogen-bond donors (Lipinski definition) is 0. The van der Waals surface area contributed by atoms with Crippen molar-refractivity contribution in [3.05, 3.63) is 6.92 Å². The van der Waals surface area contributed by atoms with Crippen molar-refractivity contribution >= 4 is 79.6 Å². The van der Waals surface area contributed by atoms with Gasteiger partial charge in [-0.1, -0.05) is 79.6 Å². The van der Waals surface area contributed by atoms with Crippen LogP contribution in [0.5, 0.6) is 0 Å². The highest BCUT2D eigenvalue weighted by Gasteiger charge is 2.27. The lowest BCUT2D eigenvalue weighted by molar-refractivity contribution is 0.782. The molecule has 67 valence electrons. The van der Waals surface area contributed by atoms with Crippen molar-refractivity contribution in [2.45, 2.75) is 19.3 Å². The smallest absolute Gasteiger partial charge is 0.0916 e. The summed E-state index contributed by atoms with van der Waals surface area (Å²) in [5, 5.41) is 0.950. The zero-order valence-electron chi connectivity index (χ0n) is 5.67. The minimum Gasteiger partial charge on any atom is -0.0916 e. The largest absolute Gasteiger partial charge is 0.0930 e. The number of hydrogen-bond acceptors (Lipinski definition) is 0. The summed E-state index contributed by atoms with van der Waals surface area (Å²) in [6.07, 6.45) is 1.01. The van der Waals surface area contributed by atoms with E-state index in [0.29, 0.717) is 9.65 Å². The van der Waals surface area contributed by atoms with Gasteiger partial charge in [-0.2, -0.15) is 0 Å². The van der Waals surface area contributed by atoms with Crippen molar-refractivity contribution in [2.24, 2.45) is 0 Å². The van der Waals surface area contributed by atoms with Crippen molar-refractivity contribution in [1.82, 2.24) is 0 Å². The average Bonchev–Trinajstić information content (AvgIpc) is 1.85. The van der Waals surface area contributed by atoms with E-state index >= 15 is 0 Å². The minimum atomic E-state index is -0.270.